The van der Waals surface area contributed by atoms with E-state index in [-0.39, 0.29) is 12.2 Å². The third-order valence-corrected chi connectivity index (χ3v) is 3.75. The van der Waals surface area contributed by atoms with E-state index in [2.05, 4.69) is 15.1 Å². The van der Waals surface area contributed by atoms with Gasteiger partial charge in [-0.05, 0) is 12.1 Å². The van der Waals surface area contributed by atoms with Gasteiger partial charge in [0.25, 0.3) is 0 Å². The smallest absolute Gasteiger partial charge is 0.304 e. The maximum absolute atomic E-state index is 13.4. The van der Waals surface area contributed by atoms with Gasteiger partial charge in [-0.2, -0.15) is 5.10 Å². The summed E-state index contributed by atoms with van der Waals surface area (Å²) in [5.74, 6) is -1.08. The maximum atomic E-state index is 13.4. The zero-order valence-corrected chi connectivity index (χ0v) is 11.5. The van der Waals surface area contributed by atoms with E-state index in [9.17, 15) is 9.18 Å². The van der Waals surface area contributed by atoms with Crippen LogP contribution in [0, 0.1) is 5.82 Å². The van der Waals surface area contributed by atoms with E-state index in [1.54, 1.807) is 6.07 Å². The Hall–Kier alpha value is -2.21. The molecule has 2 N–H and O–H groups in total. The quantitative estimate of drug-likeness (QED) is 0.904. The van der Waals surface area contributed by atoms with Crippen LogP contribution in [0.25, 0.3) is 11.3 Å². The Labute approximate surface area is 121 Å². The maximum Gasteiger partial charge on any atom is 0.304 e. The largest absolute Gasteiger partial charge is 0.481 e. The Morgan fingerprint density at radius 2 is 2.33 bits per heavy atom. The number of nitrogens with one attached hydrogen (secondary N) is 1. The van der Waals surface area contributed by atoms with Crippen molar-refractivity contribution in [1.82, 2.24) is 15.1 Å². The van der Waals surface area contributed by atoms with Crippen LogP contribution in [-0.2, 0) is 17.8 Å². The predicted octanol–water partition coefficient (Wildman–Crippen LogP) is 2.05. The average molecular weight is 289 g/mol. The van der Waals surface area contributed by atoms with Gasteiger partial charge in [-0.1, -0.05) is 12.1 Å². The van der Waals surface area contributed by atoms with Crippen molar-refractivity contribution in [3.05, 3.63) is 41.3 Å². The third kappa shape index (κ3) is 2.95. The molecule has 1 aromatic heterocycles. The lowest BCUT2D eigenvalue weighted by Gasteiger charge is -2.26. The number of H-pyrrole nitrogens is 1. The number of halogens is 1. The van der Waals surface area contributed by atoms with Crippen LogP contribution in [0.15, 0.2) is 24.3 Å². The number of hydrogen-bond acceptors (Lipinski definition) is 3. The first kappa shape index (κ1) is 13.8. The van der Waals surface area contributed by atoms with Gasteiger partial charge in [-0.3, -0.25) is 14.8 Å². The molecule has 0 amide bonds. The number of carboxylic acid groups (broad SMARTS) is 1. The fourth-order valence-electron chi connectivity index (χ4n) is 2.67. The Morgan fingerprint density at radius 1 is 1.48 bits per heavy atom. The van der Waals surface area contributed by atoms with Crippen LogP contribution >= 0.6 is 0 Å². The molecule has 0 saturated heterocycles. The van der Waals surface area contributed by atoms with E-state index < -0.39 is 5.97 Å². The minimum Gasteiger partial charge on any atom is -0.481 e. The van der Waals surface area contributed by atoms with Crippen molar-refractivity contribution in [2.75, 3.05) is 13.1 Å². The van der Waals surface area contributed by atoms with Crippen LogP contribution in [0.2, 0.25) is 0 Å². The van der Waals surface area contributed by atoms with Crippen molar-refractivity contribution in [3.63, 3.8) is 0 Å². The lowest BCUT2D eigenvalue weighted by atomic mass is 10.0. The first-order valence-electron chi connectivity index (χ1n) is 6.89. The molecule has 0 fully saturated rings. The molecule has 0 unspecified atom stereocenters. The van der Waals surface area contributed by atoms with Crippen molar-refractivity contribution < 1.29 is 14.3 Å². The van der Waals surface area contributed by atoms with Crippen molar-refractivity contribution in [2.24, 2.45) is 0 Å². The Morgan fingerprint density at radius 3 is 3.10 bits per heavy atom. The highest BCUT2D eigenvalue weighted by atomic mass is 19.1. The van der Waals surface area contributed by atoms with Crippen LogP contribution in [0.5, 0.6) is 0 Å². The van der Waals surface area contributed by atoms with Crippen molar-refractivity contribution in [2.45, 2.75) is 19.4 Å². The van der Waals surface area contributed by atoms with Gasteiger partial charge >= 0.3 is 5.97 Å². The van der Waals surface area contributed by atoms with Crippen LogP contribution in [0.3, 0.4) is 0 Å². The van der Waals surface area contributed by atoms with Gasteiger partial charge in [-0.15, -0.1) is 0 Å². The van der Waals surface area contributed by atoms with E-state index in [4.69, 9.17) is 5.11 Å². The van der Waals surface area contributed by atoms with Crippen molar-refractivity contribution in [1.29, 1.82) is 0 Å². The van der Waals surface area contributed by atoms with E-state index in [1.165, 1.54) is 12.1 Å². The topological polar surface area (TPSA) is 69.2 Å². The fourth-order valence-corrected chi connectivity index (χ4v) is 2.67. The molecule has 0 radical (unpaired) electrons. The van der Waals surface area contributed by atoms with Crippen LogP contribution in [0.1, 0.15) is 17.7 Å². The van der Waals surface area contributed by atoms with E-state index >= 15 is 0 Å². The monoisotopic (exact) mass is 289 g/mol. The summed E-state index contributed by atoms with van der Waals surface area (Å²) in [5.41, 5.74) is 3.59. The second kappa shape index (κ2) is 5.65. The van der Waals surface area contributed by atoms with Gasteiger partial charge in [0.1, 0.15) is 5.82 Å². The van der Waals surface area contributed by atoms with Gasteiger partial charge in [0, 0.05) is 42.9 Å². The third-order valence-electron chi connectivity index (χ3n) is 3.75. The molecule has 110 valence electrons. The summed E-state index contributed by atoms with van der Waals surface area (Å²) >= 11 is 0. The zero-order chi connectivity index (χ0) is 14.8. The number of nitrogens with zero attached hydrogens (tertiary/aromatic N) is 2. The fraction of sp³-hybridized carbons (Fsp3) is 0.333. The second-order valence-corrected chi connectivity index (χ2v) is 5.21. The van der Waals surface area contributed by atoms with Gasteiger partial charge < -0.3 is 5.11 Å². The van der Waals surface area contributed by atoms with Crippen LogP contribution < -0.4 is 0 Å². The molecule has 3 rings (SSSR count). The van der Waals surface area contributed by atoms with Crippen LogP contribution in [0.4, 0.5) is 4.39 Å². The summed E-state index contributed by atoms with van der Waals surface area (Å²) in [4.78, 5) is 12.8. The summed E-state index contributed by atoms with van der Waals surface area (Å²) in [6, 6.07) is 6.36. The van der Waals surface area contributed by atoms with Gasteiger partial charge in [0.2, 0.25) is 0 Å². The summed E-state index contributed by atoms with van der Waals surface area (Å²) in [6.07, 6.45) is 0.930. The summed E-state index contributed by atoms with van der Waals surface area (Å²) in [7, 11) is 0. The minimum atomic E-state index is -0.793. The Kier molecular flexibility index (Phi) is 3.70. The zero-order valence-electron chi connectivity index (χ0n) is 11.5. The summed E-state index contributed by atoms with van der Waals surface area (Å²) in [6.45, 7) is 1.97. The predicted molar refractivity (Wildman–Crippen MR) is 75.2 cm³/mol. The van der Waals surface area contributed by atoms with Crippen molar-refractivity contribution >= 4 is 5.97 Å². The molecule has 0 saturated carbocycles. The van der Waals surface area contributed by atoms with Gasteiger partial charge in [-0.25, -0.2) is 4.39 Å². The molecule has 2 aromatic rings. The first-order chi connectivity index (χ1) is 10.1. The van der Waals surface area contributed by atoms with Gasteiger partial charge in [0.15, 0.2) is 0 Å². The number of aromatic nitrogens is 2. The number of rotatable bonds is 4. The normalized spacial score (nSPS) is 14.9. The highest BCUT2D eigenvalue weighted by molar-refractivity contribution is 5.67. The molecule has 5 nitrogen and oxygen atoms in total. The molecule has 0 atom stereocenters. The molecule has 2 heterocycles. The average Bonchev–Trinajstić information content (AvgIpc) is 2.88. The highest BCUT2D eigenvalue weighted by Gasteiger charge is 2.23. The SMILES string of the molecule is O=C(O)CCN1CCc2[nH]nc(-c3cccc(F)c3)c2C1. The Bertz CT molecular complexity index is 669. The number of carboxylic acids is 1. The second-order valence-electron chi connectivity index (χ2n) is 5.21. The van der Waals surface area contributed by atoms with E-state index in [0.717, 1.165) is 35.5 Å². The molecule has 21 heavy (non-hydrogen) atoms. The summed E-state index contributed by atoms with van der Waals surface area (Å²) in [5, 5.41) is 16.1. The standard InChI is InChI=1S/C15H16FN3O2/c16-11-3-1-2-10(8-11)15-12-9-19(7-5-14(20)21)6-4-13(12)17-18-15/h1-3,8H,4-7,9H2,(H,17,18)(H,20,21). The number of aromatic amines is 1. The number of fused-ring (bicyclic) bond motifs is 1. The molecule has 6 heteroatoms. The lowest BCUT2D eigenvalue weighted by Crippen LogP contribution is -2.32. The minimum absolute atomic E-state index is 0.127. The number of benzene rings is 1. The summed E-state index contributed by atoms with van der Waals surface area (Å²) < 4.78 is 13.4. The molecular weight excluding hydrogens is 273 g/mol. The van der Waals surface area contributed by atoms with Gasteiger partial charge in [0.05, 0.1) is 12.1 Å². The molecule has 1 aliphatic rings. The highest BCUT2D eigenvalue weighted by Crippen LogP contribution is 2.28. The Balaban J connectivity index is 1.84. The van der Waals surface area contributed by atoms with E-state index in [1.807, 2.05) is 6.07 Å². The van der Waals surface area contributed by atoms with Crippen LogP contribution in [-0.4, -0.2) is 39.3 Å². The molecule has 1 aromatic carbocycles. The number of hydrogen-bond donors (Lipinski definition) is 2. The first-order valence-corrected chi connectivity index (χ1v) is 6.89. The molecule has 0 bridgehead atoms. The lowest BCUT2D eigenvalue weighted by molar-refractivity contribution is -0.137. The number of carbonyl (C=O) groups is 1. The van der Waals surface area contributed by atoms with E-state index in [0.29, 0.717) is 13.1 Å². The number of aliphatic carboxylic acids is 1. The molecule has 0 spiro atoms. The molecule has 1 aliphatic heterocycles. The molecule has 0 aliphatic carbocycles. The molecular formula is C15H16FN3O2. The van der Waals surface area contributed by atoms with Crippen molar-refractivity contribution in [3.8, 4) is 11.3 Å².